The van der Waals surface area contributed by atoms with Crippen molar-refractivity contribution in [2.45, 2.75) is 18.9 Å². The molecule has 138 valence electrons. The lowest BCUT2D eigenvalue weighted by Crippen LogP contribution is -2.47. The number of hydrogen-bond acceptors (Lipinski definition) is 4. The molecule has 0 aromatic heterocycles. The maximum atomic E-state index is 13.1. The number of para-hydroxylation sites is 3. The third-order valence-electron chi connectivity index (χ3n) is 4.97. The first-order valence-electron chi connectivity index (χ1n) is 8.85. The van der Waals surface area contributed by atoms with E-state index in [1.807, 2.05) is 0 Å². The molecule has 2 aromatic carbocycles. The molecule has 3 amide bonds. The minimum absolute atomic E-state index is 0.0504. The maximum Gasteiger partial charge on any atom is 0.256 e. The van der Waals surface area contributed by atoms with Crippen molar-refractivity contribution in [3.63, 3.8) is 0 Å². The summed E-state index contributed by atoms with van der Waals surface area (Å²) in [7, 11) is 0. The Kier molecular flexibility index (Phi) is 4.27. The third-order valence-corrected chi connectivity index (χ3v) is 4.97. The van der Waals surface area contributed by atoms with Crippen molar-refractivity contribution in [1.82, 2.24) is 4.90 Å². The Labute approximate surface area is 156 Å². The van der Waals surface area contributed by atoms with Gasteiger partial charge < -0.3 is 20.2 Å². The van der Waals surface area contributed by atoms with Crippen molar-refractivity contribution in [2.75, 3.05) is 23.3 Å². The van der Waals surface area contributed by atoms with Gasteiger partial charge >= 0.3 is 0 Å². The van der Waals surface area contributed by atoms with Crippen molar-refractivity contribution >= 4 is 29.1 Å². The summed E-state index contributed by atoms with van der Waals surface area (Å²) in [5.74, 6) is -0.924. The normalized spacial score (nSPS) is 18.7. The summed E-state index contributed by atoms with van der Waals surface area (Å²) in [4.78, 5) is 41.5. The van der Waals surface area contributed by atoms with Gasteiger partial charge in [-0.3, -0.25) is 14.4 Å². The van der Waals surface area contributed by atoms with E-state index >= 15 is 0 Å². The molecule has 0 aliphatic carbocycles. The molecule has 0 bridgehead atoms. The largest absolute Gasteiger partial charge is 0.506 e. The van der Waals surface area contributed by atoms with Gasteiger partial charge in [0, 0.05) is 6.54 Å². The number of phenolic OH excluding ortho intramolecular Hbond substituents is 1. The average molecular weight is 365 g/mol. The first kappa shape index (κ1) is 17.1. The summed E-state index contributed by atoms with van der Waals surface area (Å²) in [5.41, 5.74) is 1.14. The van der Waals surface area contributed by atoms with Gasteiger partial charge in [-0.25, -0.2) is 0 Å². The van der Waals surface area contributed by atoms with Crippen LogP contribution in [0.15, 0.2) is 48.5 Å². The van der Waals surface area contributed by atoms with Crippen LogP contribution >= 0.6 is 0 Å². The van der Waals surface area contributed by atoms with E-state index in [1.165, 1.54) is 11.0 Å². The molecule has 1 fully saturated rings. The SMILES string of the molecule is O=C(CN1C(=O)[C@H]2CCCN2C(=O)c2ccccc21)Nc1ccccc1O. The van der Waals surface area contributed by atoms with Crippen molar-refractivity contribution in [2.24, 2.45) is 0 Å². The van der Waals surface area contributed by atoms with E-state index in [0.29, 0.717) is 24.2 Å². The van der Waals surface area contributed by atoms with Gasteiger partial charge in [0.1, 0.15) is 18.3 Å². The molecule has 7 nitrogen and oxygen atoms in total. The number of carbonyl (C=O) groups excluding carboxylic acids is 3. The van der Waals surface area contributed by atoms with Gasteiger partial charge in [0.15, 0.2) is 0 Å². The van der Waals surface area contributed by atoms with Crippen LogP contribution in [0.2, 0.25) is 0 Å². The molecule has 1 atom stereocenters. The van der Waals surface area contributed by atoms with E-state index in [9.17, 15) is 19.5 Å². The number of anilines is 2. The fourth-order valence-corrected chi connectivity index (χ4v) is 3.69. The van der Waals surface area contributed by atoms with Gasteiger partial charge in [-0.05, 0) is 37.1 Å². The van der Waals surface area contributed by atoms with Crippen molar-refractivity contribution in [1.29, 1.82) is 0 Å². The number of fused-ring (bicyclic) bond motifs is 2. The monoisotopic (exact) mass is 365 g/mol. The number of amides is 3. The fraction of sp³-hybridized carbons (Fsp3) is 0.250. The predicted octanol–water partition coefficient (Wildman–Crippen LogP) is 1.98. The van der Waals surface area contributed by atoms with Crippen LogP contribution in [0.4, 0.5) is 11.4 Å². The van der Waals surface area contributed by atoms with E-state index < -0.39 is 11.9 Å². The Morgan fingerprint density at radius 3 is 2.67 bits per heavy atom. The maximum absolute atomic E-state index is 13.1. The number of phenols is 1. The van der Waals surface area contributed by atoms with Gasteiger partial charge in [-0.15, -0.1) is 0 Å². The Morgan fingerprint density at radius 2 is 1.85 bits per heavy atom. The second kappa shape index (κ2) is 6.75. The Hall–Kier alpha value is -3.35. The van der Waals surface area contributed by atoms with Crippen LogP contribution in [0.25, 0.3) is 0 Å². The zero-order valence-electron chi connectivity index (χ0n) is 14.6. The first-order chi connectivity index (χ1) is 13.1. The Morgan fingerprint density at radius 1 is 1.11 bits per heavy atom. The predicted molar refractivity (Wildman–Crippen MR) is 99.6 cm³/mol. The molecule has 0 spiro atoms. The van der Waals surface area contributed by atoms with E-state index in [4.69, 9.17) is 0 Å². The van der Waals surface area contributed by atoms with Crippen LogP contribution in [0.1, 0.15) is 23.2 Å². The fourth-order valence-electron chi connectivity index (χ4n) is 3.69. The van der Waals surface area contributed by atoms with E-state index in [2.05, 4.69) is 5.32 Å². The second-order valence-electron chi connectivity index (χ2n) is 6.66. The van der Waals surface area contributed by atoms with Gasteiger partial charge in [0.05, 0.1) is 16.9 Å². The highest BCUT2D eigenvalue weighted by molar-refractivity contribution is 6.13. The molecule has 0 unspecified atom stereocenters. The minimum Gasteiger partial charge on any atom is -0.506 e. The minimum atomic E-state index is -0.539. The lowest BCUT2D eigenvalue weighted by atomic mass is 10.1. The van der Waals surface area contributed by atoms with Crippen LogP contribution in [0.3, 0.4) is 0 Å². The molecule has 2 aromatic rings. The molecule has 2 aliphatic heterocycles. The van der Waals surface area contributed by atoms with Crippen LogP contribution < -0.4 is 10.2 Å². The summed E-state index contributed by atoms with van der Waals surface area (Å²) in [6.07, 6.45) is 1.36. The highest BCUT2D eigenvalue weighted by Gasteiger charge is 2.42. The highest BCUT2D eigenvalue weighted by Crippen LogP contribution is 2.32. The summed E-state index contributed by atoms with van der Waals surface area (Å²) >= 11 is 0. The van der Waals surface area contributed by atoms with Crippen molar-refractivity contribution < 1.29 is 19.5 Å². The first-order valence-corrected chi connectivity index (χ1v) is 8.85. The lowest BCUT2D eigenvalue weighted by molar-refractivity contribution is -0.124. The summed E-state index contributed by atoms with van der Waals surface area (Å²) < 4.78 is 0. The highest BCUT2D eigenvalue weighted by atomic mass is 16.3. The smallest absolute Gasteiger partial charge is 0.256 e. The van der Waals surface area contributed by atoms with Crippen molar-refractivity contribution in [3.8, 4) is 5.75 Å². The quantitative estimate of drug-likeness (QED) is 0.814. The summed E-state index contributed by atoms with van der Waals surface area (Å²) in [6, 6.07) is 12.7. The van der Waals surface area contributed by atoms with Gasteiger partial charge in [0.25, 0.3) is 5.91 Å². The summed E-state index contributed by atoms with van der Waals surface area (Å²) in [6.45, 7) is 0.309. The van der Waals surface area contributed by atoms with Crippen LogP contribution in [0.5, 0.6) is 5.75 Å². The number of benzene rings is 2. The van der Waals surface area contributed by atoms with Crippen molar-refractivity contribution in [3.05, 3.63) is 54.1 Å². The average Bonchev–Trinajstić information content (AvgIpc) is 3.14. The van der Waals surface area contributed by atoms with Gasteiger partial charge in [0.2, 0.25) is 11.8 Å². The molecule has 1 saturated heterocycles. The number of nitrogens with one attached hydrogen (secondary N) is 1. The molecule has 2 heterocycles. The third kappa shape index (κ3) is 3.01. The topological polar surface area (TPSA) is 90.0 Å². The number of rotatable bonds is 3. The molecule has 27 heavy (non-hydrogen) atoms. The molecule has 4 rings (SSSR count). The molecule has 2 N–H and O–H groups in total. The zero-order chi connectivity index (χ0) is 19.0. The van der Waals surface area contributed by atoms with Crippen LogP contribution in [0, 0.1) is 0 Å². The van der Waals surface area contributed by atoms with E-state index in [1.54, 1.807) is 47.4 Å². The Bertz CT molecular complexity index is 927. The van der Waals surface area contributed by atoms with Gasteiger partial charge in [-0.2, -0.15) is 0 Å². The van der Waals surface area contributed by atoms with E-state index in [-0.39, 0.29) is 29.8 Å². The lowest BCUT2D eigenvalue weighted by Gasteiger charge is -2.25. The van der Waals surface area contributed by atoms with E-state index in [0.717, 1.165) is 6.42 Å². The molecule has 0 saturated carbocycles. The van der Waals surface area contributed by atoms with Crippen LogP contribution in [-0.4, -0.2) is 46.9 Å². The molecular weight excluding hydrogens is 346 g/mol. The van der Waals surface area contributed by atoms with Crippen LogP contribution in [-0.2, 0) is 9.59 Å². The molecule has 2 aliphatic rings. The number of nitrogens with zero attached hydrogens (tertiary/aromatic N) is 2. The summed E-state index contributed by atoms with van der Waals surface area (Å²) in [5, 5.41) is 12.5. The standard InChI is InChI=1S/C20H19N3O4/c24-17-10-4-2-7-14(17)21-18(25)12-23-15-8-3-1-6-13(15)19(26)22-11-5-9-16(22)20(23)27/h1-4,6-8,10,16,24H,5,9,11-12H2,(H,21,25)/t16-/m1/s1. The zero-order valence-corrected chi connectivity index (χ0v) is 14.6. The van der Waals surface area contributed by atoms with Gasteiger partial charge in [-0.1, -0.05) is 24.3 Å². The second-order valence-corrected chi connectivity index (χ2v) is 6.66. The number of hydrogen-bond donors (Lipinski definition) is 2. The number of aromatic hydroxyl groups is 1. The molecule has 7 heteroatoms. The molecule has 0 radical (unpaired) electrons. The number of carbonyl (C=O) groups is 3. The molecular formula is C20H19N3O4. The Balaban J connectivity index is 1.65.